The lowest BCUT2D eigenvalue weighted by molar-refractivity contribution is -0.127. The highest BCUT2D eigenvalue weighted by atomic mass is 32.2. The summed E-state index contributed by atoms with van der Waals surface area (Å²) in [5, 5.41) is 2.81. The van der Waals surface area contributed by atoms with Crippen LogP contribution >= 0.6 is 0 Å². The standard InChI is InChI=1S/C27H30N2O5S/c1-27(2,3)21-13-7-9-15-23(21)33-18-17-28-26(30)25-19-29(22-14-8-10-16-24(22)34-25)35(31,32)20-11-5-4-6-12-20/h4-16,25H,17-19H2,1-3H3,(H,28,30). The number of nitrogens with zero attached hydrogens (tertiary/aromatic N) is 1. The highest BCUT2D eigenvalue weighted by Gasteiger charge is 2.37. The summed E-state index contributed by atoms with van der Waals surface area (Å²) in [6.45, 7) is 6.74. The third-order valence-corrected chi connectivity index (χ3v) is 7.51. The number of anilines is 1. The smallest absolute Gasteiger partial charge is 0.264 e. The van der Waals surface area contributed by atoms with E-state index in [1.807, 2.05) is 24.3 Å². The van der Waals surface area contributed by atoms with Crippen LogP contribution in [0.25, 0.3) is 0 Å². The van der Waals surface area contributed by atoms with E-state index >= 15 is 0 Å². The molecule has 0 radical (unpaired) electrons. The molecule has 1 N–H and O–H groups in total. The molecule has 3 aromatic carbocycles. The summed E-state index contributed by atoms with van der Waals surface area (Å²) < 4.78 is 39.8. The maximum Gasteiger partial charge on any atom is 0.264 e. The quantitative estimate of drug-likeness (QED) is 0.499. The molecule has 0 aliphatic carbocycles. The third kappa shape index (κ3) is 5.43. The Balaban J connectivity index is 1.44. The molecule has 1 aliphatic rings. The first-order valence-electron chi connectivity index (χ1n) is 11.5. The second-order valence-corrected chi connectivity index (χ2v) is 11.2. The Hall–Kier alpha value is -3.52. The Morgan fingerprint density at radius 1 is 1.00 bits per heavy atom. The lowest BCUT2D eigenvalue weighted by atomic mass is 9.86. The van der Waals surface area contributed by atoms with E-state index in [0.717, 1.165) is 11.3 Å². The van der Waals surface area contributed by atoms with E-state index in [0.29, 0.717) is 11.4 Å². The van der Waals surface area contributed by atoms with Crippen LogP contribution in [0.15, 0.2) is 83.8 Å². The molecule has 3 aromatic rings. The maximum atomic E-state index is 13.4. The monoisotopic (exact) mass is 494 g/mol. The van der Waals surface area contributed by atoms with E-state index in [1.54, 1.807) is 42.5 Å². The summed E-state index contributed by atoms with van der Waals surface area (Å²) >= 11 is 0. The molecule has 4 rings (SSSR count). The second kappa shape index (κ2) is 10.00. The van der Waals surface area contributed by atoms with Gasteiger partial charge in [-0.15, -0.1) is 0 Å². The number of carbonyl (C=O) groups is 1. The predicted molar refractivity (Wildman–Crippen MR) is 135 cm³/mol. The summed E-state index contributed by atoms with van der Waals surface area (Å²) in [5.41, 5.74) is 1.42. The molecular formula is C27H30N2O5S. The number of amides is 1. The largest absolute Gasteiger partial charge is 0.491 e. The number of para-hydroxylation sites is 3. The number of hydrogen-bond acceptors (Lipinski definition) is 5. The van der Waals surface area contributed by atoms with Crippen molar-refractivity contribution in [3.63, 3.8) is 0 Å². The van der Waals surface area contributed by atoms with E-state index in [2.05, 4.69) is 26.1 Å². The number of benzene rings is 3. The van der Waals surface area contributed by atoms with Crippen molar-refractivity contribution in [2.75, 3.05) is 24.0 Å². The summed E-state index contributed by atoms with van der Waals surface area (Å²) in [4.78, 5) is 13.1. The van der Waals surface area contributed by atoms with E-state index in [9.17, 15) is 13.2 Å². The van der Waals surface area contributed by atoms with Gasteiger partial charge < -0.3 is 14.8 Å². The Bertz CT molecular complexity index is 1290. The van der Waals surface area contributed by atoms with E-state index in [-0.39, 0.29) is 30.0 Å². The molecule has 8 heteroatoms. The van der Waals surface area contributed by atoms with Gasteiger partial charge in [-0.05, 0) is 41.3 Å². The first-order valence-corrected chi connectivity index (χ1v) is 13.0. The topological polar surface area (TPSA) is 84.9 Å². The average Bonchev–Trinajstić information content (AvgIpc) is 2.86. The molecule has 7 nitrogen and oxygen atoms in total. The van der Waals surface area contributed by atoms with Crippen LogP contribution in [0.2, 0.25) is 0 Å². The van der Waals surface area contributed by atoms with E-state index in [4.69, 9.17) is 9.47 Å². The number of carbonyl (C=O) groups excluding carboxylic acids is 1. The zero-order valence-electron chi connectivity index (χ0n) is 20.1. The Labute approximate surface area is 206 Å². The second-order valence-electron chi connectivity index (χ2n) is 9.31. The van der Waals surface area contributed by atoms with Crippen LogP contribution in [0.4, 0.5) is 5.69 Å². The molecule has 1 unspecified atom stereocenters. The number of rotatable bonds is 7. The van der Waals surface area contributed by atoms with Crippen molar-refractivity contribution in [2.45, 2.75) is 37.2 Å². The predicted octanol–water partition coefficient (Wildman–Crippen LogP) is 4.14. The van der Waals surface area contributed by atoms with Gasteiger partial charge >= 0.3 is 0 Å². The highest BCUT2D eigenvalue weighted by molar-refractivity contribution is 7.92. The van der Waals surface area contributed by atoms with Gasteiger partial charge in [-0.3, -0.25) is 9.10 Å². The Morgan fingerprint density at radius 3 is 2.40 bits per heavy atom. The van der Waals surface area contributed by atoms with Gasteiger partial charge in [0.1, 0.15) is 18.1 Å². The van der Waals surface area contributed by atoms with Gasteiger partial charge in [0.05, 0.1) is 23.7 Å². The first-order chi connectivity index (χ1) is 16.7. The first kappa shape index (κ1) is 24.6. The van der Waals surface area contributed by atoms with Gasteiger partial charge in [0, 0.05) is 0 Å². The number of sulfonamides is 1. The number of hydrogen-bond donors (Lipinski definition) is 1. The molecule has 1 atom stereocenters. The molecule has 0 bridgehead atoms. The van der Waals surface area contributed by atoms with Crippen LogP contribution in [-0.4, -0.2) is 40.1 Å². The molecule has 0 fully saturated rings. The van der Waals surface area contributed by atoms with Crippen molar-refractivity contribution in [3.05, 3.63) is 84.4 Å². The third-order valence-electron chi connectivity index (χ3n) is 5.71. The maximum absolute atomic E-state index is 13.4. The van der Waals surface area contributed by atoms with Crippen molar-refractivity contribution >= 4 is 21.6 Å². The van der Waals surface area contributed by atoms with Crippen molar-refractivity contribution < 1.29 is 22.7 Å². The summed E-state index contributed by atoms with van der Waals surface area (Å²) in [6, 6.07) is 22.8. The van der Waals surface area contributed by atoms with Crippen LogP contribution in [0.1, 0.15) is 26.3 Å². The zero-order valence-corrected chi connectivity index (χ0v) is 20.9. The van der Waals surface area contributed by atoms with Crippen LogP contribution in [0, 0.1) is 0 Å². The van der Waals surface area contributed by atoms with Gasteiger partial charge in [-0.2, -0.15) is 0 Å². The lowest BCUT2D eigenvalue weighted by Crippen LogP contribution is -2.51. The fourth-order valence-electron chi connectivity index (χ4n) is 3.95. The summed E-state index contributed by atoms with van der Waals surface area (Å²) in [5.74, 6) is 0.714. The highest BCUT2D eigenvalue weighted by Crippen LogP contribution is 2.36. The summed E-state index contributed by atoms with van der Waals surface area (Å²) in [7, 11) is -3.87. The Morgan fingerprint density at radius 2 is 1.66 bits per heavy atom. The molecule has 35 heavy (non-hydrogen) atoms. The zero-order chi connectivity index (χ0) is 25.1. The number of ether oxygens (including phenoxy) is 2. The van der Waals surface area contributed by atoms with Gasteiger partial charge in [0.2, 0.25) is 0 Å². The van der Waals surface area contributed by atoms with Gasteiger partial charge in [0.25, 0.3) is 15.9 Å². The van der Waals surface area contributed by atoms with Crippen LogP contribution < -0.4 is 19.1 Å². The number of nitrogens with one attached hydrogen (secondary N) is 1. The van der Waals surface area contributed by atoms with Gasteiger partial charge in [0.15, 0.2) is 6.10 Å². The Kier molecular flexibility index (Phi) is 7.03. The minimum Gasteiger partial charge on any atom is -0.491 e. The van der Waals surface area contributed by atoms with E-state index in [1.165, 1.54) is 16.4 Å². The van der Waals surface area contributed by atoms with Crippen molar-refractivity contribution in [1.29, 1.82) is 0 Å². The molecule has 1 aliphatic heterocycles. The molecule has 0 aromatic heterocycles. The van der Waals surface area contributed by atoms with Gasteiger partial charge in [-0.1, -0.05) is 69.3 Å². The molecule has 184 valence electrons. The number of fused-ring (bicyclic) bond motifs is 1. The fourth-order valence-corrected chi connectivity index (χ4v) is 5.44. The van der Waals surface area contributed by atoms with Gasteiger partial charge in [-0.25, -0.2) is 8.42 Å². The minimum absolute atomic E-state index is 0.0725. The SMILES string of the molecule is CC(C)(C)c1ccccc1OCCNC(=O)C1CN(S(=O)(=O)c2ccccc2)c2ccccc2O1. The van der Waals surface area contributed by atoms with Crippen molar-refractivity contribution in [3.8, 4) is 11.5 Å². The lowest BCUT2D eigenvalue weighted by Gasteiger charge is -2.34. The molecular weight excluding hydrogens is 464 g/mol. The average molecular weight is 495 g/mol. The molecule has 0 saturated heterocycles. The van der Waals surface area contributed by atoms with Crippen LogP contribution in [-0.2, 0) is 20.2 Å². The molecule has 0 saturated carbocycles. The van der Waals surface area contributed by atoms with Crippen LogP contribution in [0.5, 0.6) is 11.5 Å². The molecule has 1 amide bonds. The molecule has 0 spiro atoms. The fraction of sp³-hybridized carbons (Fsp3) is 0.296. The van der Waals surface area contributed by atoms with Crippen LogP contribution in [0.3, 0.4) is 0 Å². The molecule has 1 heterocycles. The summed E-state index contributed by atoms with van der Waals surface area (Å²) in [6.07, 6.45) is -0.995. The normalized spacial score (nSPS) is 15.6. The van der Waals surface area contributed by atoms with Crippen molar-refractivity contribution in [1.82, 2.24) is 5.32 Å². The van der Waals surface area contributed by atoms with Crippen molar-refractivity contribution in [2.24, 2.45) is 0 Å². The van der Waals surface area contributed by atoms with E-state index < -0.39 is 22.0 Å². The minimum atomic E-state index is -3.87.